The molecule has 0 saturated carbocycles. The predicted molar refractivity (Wildman–Crippen MR) is 86.1 cm³/mol. The van der Waals surface area contributed by atoms with Gasteiger partial charge in [-0.15, -0.1) is 0 Å². The molecule has 4 N–H and O–H groups in total. The normalized spacial score (nSPS) is 12.3. The van der Waals surface area contributed by atoms with E-state index in [1.807, 2.05) is 27.7 Å². The standard InChI is InChI=1S/C14H27N3O3S/c1-9(2)12(18)5-6-16-13(19)7-17-14(20)11(15)8-21-10(3)4/h9-11H,5-8,15H2,1-4H3,(H,16,19)(H,17,20)/t11-/m0/s1. The molecule has 0 radical (unpaired) electrons. The zero-order valence-electron chi connectivity index (χ0n) is 13.3. The molecular formula is C14H27N3O3S. The van der Waals surface area contributed by atoms with Gasteiger partial charge in [0.1, 0.15) is 5.78 Å². The lowest BCUT2D eigenvalue weighted by molar-refractivity contribution is -0.126. The number of ketones is 1. The van der Waals surface area contributed by atoms with Crippen LogP contribution in [0, 0.1) is 5.92 Å². The van der Waals surface area contributed by atoms with E-state index in [4.69, 9.17) is 5.73 Å². The molecule has 122 valence electrons. The first-order valence-corrected chi connectivity index (χ1v) is 8.23. The monoisotopic (exact) mass is 317 g/mol. The van der Waals surface area contributed by atoms with Gasteiger partial charge in [0.2, 0.25) is 11.8 Å². The number of carbonyl (C=O) groups excluding carboxylic acids is 3. The Kier molecular flexibility index (Phi) is 10.1. The summed E-state index contributed by atoms with van der Waals surface area (Å²) in [6.45, 7) is 7.87. The highest BCUT2D eigenvalue weighted by atomic mass is 32.2. The number of amides is 2. The fourth-order valence-electron chi connectivity index (χ4n) is 1.35. The summed E-state index contributed by atoms with van der Waals surface area (Å²) < 4.78 is 0. The van der Waals surface area contributed by atoms with Gasteiger partial charge in [0.25, 0.3) is 0 Å². The van der Waals surface area contributed by atoms with Crippen LogP contribution >= 0.6 is 11.8 Å². The van der Waals surface area contributed by atoms with Crippen molar-refractivity contribution in [2.75, 3.05) is 18.8 Å². The molecule has 0 unspecified atom stereocenters. The van der Waals surface area contributed by atoms with Crippen LogP contribution in [0.4, 0.5) is 0 Å². The first-order valence-electron chi connectivity index (χ1n) is 7.18. The topological polar surface area (TPSA) is 101 Å². The molecule has 7 heteroatoms. The zero-order chi connectivity index (χ0) is 16.4. The summed E-state index contributed by atoms with van der Waals surface area (Å²) in [5, 5.41) is 5.49. The van der Waals surface area contributed by atoms with Crippen molar-refractivity contribution in [1.82, 2.24) is 10.6 Å². The van der Waals surface area contributed by atoms with Gasteiger partial charge in [-0.3, -0.25) is 14.4 Å². The van der Waals surface area contributed by atoms with Crippen molar-refractivity contribution in [1.29, 1.82) is 0 Å². The van der Waals surface area contributed by atoms with E-state index in [-0.39, 0.29) is 30.1 Å². The second kappa shape index (κ2) is 10.6. The Labute approximate surface area is 131 Å². The zero-order valence-corrected chi connectivity index (χ0v) is 14.1. The number of hydrogen-bond donors (Lipinski definition) is 3. The van der Waals surface area contributed by atoms with Gasteiger partial charge in [0.05, 0.1) is 12.6 Å². The fourth-order valence-corrected chi connectivity index (χ4v) is 2.09. The van der Waals surface area contributed by atoms with Gasteiger partial charge in [-0.25, -0.2) is 0 Å². The molecule has 0 rings (SSSR count). The Morgan fingerprint density at radius 2 is 1.71 bits per heavy atom. The van der Waals surface area contributed by atoms with Crippen molar-refractivity contribution in [2.45, 2.75) is 45.4 Å². The van der Waals surface area contributed by atoms with Crippen molar-refractivity contribution in [3.8, 4) is 0 Å². The van der Waals surface area contributed by atoms with Gasteiger partial charge in [0, 0.05) is 24.6 Å². The minimum Gasteiger partial charge on any atom is -0.354 e. The summed E-state index contributed by atoms with van der Waals surface area (Å²) in [7, 11) is 0. The average Bonchev–Trinajstić information content (AvgIpc) is 2.41. The number of nitrogens with one attached hydrogen (secondary N) is 2. The number of carbonyl (C=O) groups is 3. The second-order valence-corrected chi connectivity index (χ2v) is 7.04. The van der Waals surface area contributed by atoms with Crippen molar-refractivity contribution in [3.63, 3.8) is 0 Å². The summed E-state index contributed by atoms with van der Waals surface area (Å²) in [5.41, 5.74) is 5.72. The maximum atomic E-state index is 11.6. The summed E-state index contributed by atoms with van der Waals surface area (Å²) in [6, 6.07) is -0.618. The predicted octanol–water partition coefficient (Wildman–Crippen LogP) is 0.303. The van der Waals surface area contributed by atoms with E-state index in [0.717, 1.165) is 0 Å². The van der Waals surface area contributed by atoms with Crippen molar-refractivity contribution < 1.29 is 14.4 Å². The lowest BCUT2D eigenvalue weighted by Crippen LogP contribution is -2.46. The van der Waals surface area contributed by atoms with E-state index in [9.17, 15) is 14.4 Å². The lowest BCUT2D eigenvalue weighted by atomic mass is 10.1. The van der Waals surface area contributed by atoms with E-state index in [0.29, 0.717) is 24.0 Å². The molecule has 0 saturated heterocycles. The van der Waals surface area contributed by atoms with Crippen LogP contribution in [-0.4, -0.2) is 47.7 Å². The highest BCUT2D eigenvalue weighted by Gasteiger charge is 2.15. The molecule has 1 atom stereocenters. The van der Waals surface area contributed by atoms with Crippen LogP contribution in [0.1, 0.15) is 34.1 Å². The molecular weight excluding hydrogens is 290 g/mol. The summed E-state index contributed by atoms with van der Waals surface area (Å²) in [5.74, 6) is -0.0566. The smallest absolute Gasteiger partial charge is 0.239 e. The van der Waals surface area contributed by atoms with E-state index >= 15 is 0 Å². The first-order chi connectivity index (χ1) is 9.73. The quantitative estimate of drug-likeness (QED) is 0.538. The molecule has 21 heavy (non-hydrogen) atoms. The van der Waals surface area contributed by atoms with Crippen LogP contribution in [0.15, 0.2) is 0 Å². The third kappa shape index (κ3) is 10.3. The first kappa shape index (κ1) is 19.9. The van der Waals surface area contributed by atoms with Gasteiger partial charge in [-0.2, -0.15) is 11.8 Å². The number of Topliss-reactive ketones (excluding diaryl/α,β-unsaturated/α-hetero) is 1. The molecule has 6 nitrogen and oxygen atoms in total. The highest BCUT2D eigenvalue weighted by Crippen LogP contribution is 2.09. The van der Waals surface area contributed by atoms with Gasteiger partial charge in [0.15, 0.2) is 0 Å². The SMILES string of the molecule is CC(C)SC[C@H](N)C(=O)NCC(=O)NCCC(=O)C(C)C. The maximum Gasteiger partial charge on any atom is 0.239 e. The summed E-state index contributed by atoms with van der Waals surface area (Å²) in [4.78, 5) is 34.5. The van der Waals surface area contributed by atoms with Crippen LogP contribution in [0.25, 0.3) is 0 Å². The molecule has 0 heterocycles. The van der Waals surface area contributed by atoms with Gasteiger partial charge in [-0.05, 0) is 5.25 Å². The average molecular weight is 317 g/mol. The van der Waals surface area contributed by atoms with Crippen LogP contribution < -0.4 is 16.4 Å². The molecule has 0 aliphatic carbocycles. The third-order valence-electron chi connectivity index (χ3n) is 2.71. The Balaban J connectivity index is 3.82. The van der Waals surface area contributed by atoms with Gasteiger partial charge >= 0.3 is 0 Å². The van der Waals surface area contributed by atoms with E-state index < -0.39 is 6.04 Å². The molecule has 0 aliphatic heterocycles. The van der Waals surface area contributed by atoms with Crippen molar-refractivity contribution in [3.05, 3.63) is 0 Å². The number of rotatable bonds is 10. The summed E-state index contributed by atoms with van der Waals surface area (Å²) in [6.07, 6.45) is 0.307. The van der Waals surface area contributed by atoms with E-state index in [2.05, 4.69) is 10.6 Å². The molecule has 0 aromatic rings. The molecule has 0 fully saturated rings. The van der Waals surface area contributed by atoms with E-state index in [1.165, 1.54) is 0 Å². The molecule has 0 bridgehead atoms. The Bertz CT molecular complexity index is 359. The maximum absolute atomic E-state index is 11.6. The molecule has 0 aromatic carbocycles. The van der Waals surface area contributed by atoms with Crippen LogP contribution in [0.3, 0.4) is 0 Å². The number of nitrogens with two attached hydrogens (primary N) is 1. The molecule has 0 spiro atoms. The highest BCUT2D eigenvalue weighted by molar-refractivity contribution is 7.99. The molecule has 2 amide bonds. The van der Waals surface area contributed by atoms with Crippen molar-refractivity contribution >= 4 is 29.4 Å². The Hall–Kier alpha value is -1.08. The third-order valence-corrected chi connectivity index (χ3v) is 3.92. The summed E-state index contributed by atoms with van der Waals surface area (Å²) >= 11 is 1.60. The lowest BCUT2D eigenvalue weighted by Gasteiger charge is -2.13. The Morgan fingerprint density at radius 1 is 1.10 bits per heavy atom. The van der Waals surface area contributed by atoms with Crippen LogP contribution in [-0.2, 0) is 14.4 Å². The minimum absolute atomic E-state index is 0.0296. The van der Waals surface area contributed by atoms with E-state index in [1.54, 1.807) is 11.8 Å². The number of hydrogen-bond acceptors (Lipinski definition) is 5. The molecule has 0 aliphatic rings. The van der Waals surface area contributed by atoms with Crippen molar-refractivity contribution in [2.24, 2.45) is 11.7 Å². The van der Waals surface area contributed by atoms with Gasteiger partial charge in [-0.1, -0.05) is 27.7 Å². The number of thioether (sulfide) groups is 1. The van der Waals surface area contributed by atoms with Crippen LogP contribution in [0.2, 0.25) is 0 Å². The second-order valence-electron chi connectivity index (χ2n) is 5.43. The van der Waals surface area contributed by atoms with Crippen LogP contribution in [0.5, 0.6) is 0 Å². The van der Waals surface area contributed by atoms with Gasteiger partial charge < -0.3 is 16.4 Å². The Morgan fingerprint density at radius 3 is 2.24 bits per heavy atom. The molecule has 0 aromatic heterocycles. The minimum atomic E-state index is -0.618. The largest absolute Gasteiger partial charge is 0.354 e. The fraction of sp³-hybridized carbons (Fsp3) is 0.786.